The zero-order valence-electron chi connectivity index (χ0n) is 13.5. The number of piperazine rings is 1. The van der Waals surface area contributed by atoms with E-state index in [0.29, 0.717) is 21.7 Å². The van der Waals surface area contributed by atoms with Crippen LogP contribution >= 0.6 is 11.6 Å². The Labute approximate surface area is 149 Å². The average Bonchev–Trinajstić information content (AvgIpc) is 2.97. The highest BCUT2D eigenvalue weighted by atomic mass is 35.5. The zero-order valence-corrected chi connectivity index (χ0v) is 15.1. The summed E-state index contributed by atoms with van der Waals surface area (Å²) in [6.07, 6.45) is 0.723. The Morgan fingerprint density at radius 1 is 1.04 bits per heavy atom. The highest BCUT2D eigenvalue weighted by Crippen LogP contribution is 2.29. The fraction of sp³-hybridized carbons (Fsp3) is 0.412. The number of fused-ring (bicyclic) bond motifs is 1. The summed E-state index contributed by atoms with van der Waals surface area (Å²) in [6.45, 7) is 5.65. The third-order valence-corrected chi connectivity index (χ3v) is 6.44. The molecule has 0 spiro atoms. The minimum Gasteiger partial charge on any atom is -0.368 e. The molecule has 0 aliphatic carbocycles. The van der Waals surface area contributed by atoms with E-state index in [-0.39, 0.29) is 0 Å². The molecule has 0 bridgehead atoms. The molecule has 1 aromatic heterocycles. The van der Waals surface area contributed by atoms with Crippen molar-refractivity contribution < 1.29 is 4.21 Å². The number of anilines is 2. The molecule has 1 fully saturated rings. The van der Waals surface area contributed by atoms with Crippen LogP contribution in [0.3, 0.4) is 0 Å². The number of aromatic nitrogens is 2. The van der Waals surface area contributed by atoms with Crippen molar-refractivity contribution >= 4 is 34.0 Å². The molecule has 1 saturated heterocycles. The van der Waals surface area contributed by atoms with E-state index >= 15 is 0 Å². The molecule has 0 N–H and O–H groups in total. The standard InChI is InChI=1S/C17H19ClN4OS/c1-12-2-4-13(5-3-12)21-7-9-22(10-8-21)17-19-14-6-11-24(23)15(14)16(18)20-17/h2-5H,6-11H2,1H3. The SMILES string of the molecule is Cc1ccc(N2CCN(c3nc(Cl)c4c(n3)CCS4=O)CC2)cc1. The fourth-order valence-corrected chi connectivity index (χ4v) is 4.87. The van der Waals surface area contributed by atoms with E-state index < -0.39 is 10.8 Å². The van der Waals surface area contributed by atoms with Gasteiger partial charge in [-0.2, -0.15) is 4.98 Å². The van der Waals surface area contributed by atoms with Crippen LogP contribution in [0.15, 0.2) is 29.2 Å². The van der Waals surface area contributed by atoms with Gasteiger partial charge in [-0.1, -0.05) is 29.3 Å². The van der Waals surface area contributed by atoms with Crippen LogP contribution in [0.5, 0.6) is 0 Å². The first kappa shape index (κ1) is 15.8. The topological polar surface area (TPSA) is 49.3 Å². The second kappa shape index (κ2) is 6.33. The van der Waals surface area contributed by atoms with Crippen LogP contribution in [0.4, 0.5) is 11.6 Å². The summed E-state index contributed by atoms with van der Waals surface area (Å²) in [6, 6.07) is 8.63. The largest absolute Gasteiger partial charge is 0.368 e. The van der Waals surface area contributed by atoms with Crippen molar-refractivity contribution in [3.63, 3.8) is 0 Å². The monoisotopic (exact) mass is 362 g/mol. The van der Waals surface area contributed by atoms with Crippen LogP contribution in [-0.2, 0) is 17.2 Å². The van der Waals surface area contributed by atoms with E-state index in [1.807, 2.05) is 0 Å². The lowest BCUT2D eigenvalue weighted by Gasteiger charge is -2.36. The van der Waals surface area contributed by atoms with Crippen molar-refractivity contribution in [1.29, 1.82) is 0 Å². The molecule has 0 saturated carbocycles. The Bertz CT molecular complexity index is 788. The lowest BCUT2D eigenvalue weighted by molar-refractivity contribution is 0.637. The summed E-state index contributed by atoms with van der Waals surface area (Å²) in [7, 11) is -1.04. The van der Waals surface area contributed by atoms with Crippen LogP contribution in [-0.4, -0.2) is 46.1 Å². The maximum absolute atomic E-state index is 11.9. The number of hydrogen-bond donors (Lipinski definition) is 0. The van der Waals surface area contributed by atoms with Crippen molar-refractivity contribution in [3.8, 4) is 0 Å². The predicted octanol–water partition coefficient (Wildman–Crippen LogP) is 2.43. The summed E-state index contributed by atoms with van der Waals surface area (Å²) >= 11 is 6.25. The molecule has 7 heteroatoms. The average molecular weight is 363 g/mol. The van der Waals surface area contributed by atoms with Gasteiger partial charge in [0.2, 0.25) is 5.95 Å². The summed E-state index contributed by atoms with van der Waals surface area (Å²) in [5.41, 5.74) is 3.38. The molecule has 0 radical (unpaired) electrons. The molecule has 1 aromatic carbocycles. The summed E-state index contributed by atoms with van der Waals surface area (Å²) in [4.78, 5) is 14.2. The number of hydrogen-bond acceptors (Lipinski definition) is 5. The Morgan fingerprint density at radius 2 is 1.71 bits per heavy atom. The fourth-order valence-electron chi connectivity index (χ4n) is 3.20. The van der Waals surface area contributed by atoms with Crippen LogP contribution in [0, 0.1) is 6.92 Å². The maximum Gasteiger partial charge on any atom is 0.227 e. The lowest BCUT2D eigenvalue weighted by atomic mass is 10.2. The third kappa shape index (κ3) is 2.89. The van der Waals surface area contributed by atoms with Crippen LogP contribution < -0.4 is 9.80 Å². The quantitative estimate of drug-likeness (QED) is 0.768. The van der Waals surface area contributed by atoms with Crippen LogP contribution in [0.2, 0.25) is 5.15 Å². The predicted molar refractivity (Wildman–Crippen MR) is 97.6 cm³/mol. The van der Waals surface area contributed by atoms with Gasteiger partial charge in [0, 0.05) is 44.0 Å². The van der Waals surface area contributed by atoms with Crippen molar-refractivity contribution in [2.24, 2.45) is 0 Å². The first-order valence-corrected chi connectivity index (χ1v) is 9.83. The van der Waals surface area contributed by atoms with E-state index in [9.17, 15) is 4.21 Å². The summed E-state index contributed by atoms with van der Waals surface area (Å²) < 4.78 is 11.9. The van der Waals surface area contributed by atoms with Gasteiger partial charge >= 0.3 is 0 Å². The molecule has 2 aliphatic rings. The van der Waals surface area contributed by atoms with Gasteiger partial charge in [-0.15, -0.1) is 0 Å². The van der Waals surface area contributed by atoms with Gasteiger partial charge in [0.1, 0.15) is 0 Å². The highest BCUT2D eigenvalue weighted by Gasteiger charge is 2.27. The van der Waals surface area contributed by atoms with Gasteiger partial charge < -0.3 is 9.80 Å². The number of halogens is 1. The normalized spacial score (nSPS) is 20.3. The second-order valence-electron chi connectivity index (χ2n) is 6.20. The summed E-state index contributed by atoms with van der Waals surface area (Å²) in [5.74, 6) is 1.27. The maximum atomic E-state index is 11.9. The molecule has 126 valence electrons. The van der Waals surface area contributed by atoms with Gasteiger partial charge in [0.05, 0.1) is 21.4 Å². The van der Waals surface area contributed by atoms with Gasteiger partial charge in [0.25, 0.3) is 0 Å². The number of benzene rings is 1. The van der Waals surface area contributed by atoms with E-state index in [1.54, 1.807) is 0 Å². The minimum atomic E-state index is -1.04. The zero-order chi connectivity index (χ0) is 16.7. The molecule has 0 amide bonds. The first-order chi connectivity index (χ1) is 11.6. The number of aryl methyl sites for hydroxylation is 2. The van der Waals surface area contributed by atoms with Crippen LogP contribution in [0.25, 0.3) is 0 Å². The molecule has 2 aromatic rings. The van der Waals surface area contributed by atoms with Gasteiger partial charge in [-0.25, -0.2) is 4.98 Å². The second-order valence-corrected chi connectivity index (χ2v) is 8.07. The molecular weight excluding hydrogens is 344 g/mol. The molecule has 1 unspecified atom stereocenters. The van der Waals surface area contributed by atoms with Gasteiger partial charge in [0.15, 0.2) is 5.15 Å². The number of rotatable bonds is 2. The molecule has 5 nitrogen and oxygen atoms in total. The number of nitrogens with zero attached hydrogens (tertiary/aromatic N) is 4. The first-order valence-electron chi connectivity index (χ1n) is 8.13. The highest BCUT2D eigenvalue weighted by molar-refractivity contribution is 7.85. The summed E-state index contributed by atoms with van der Waals surface area (Å²) in [5, 5.41) is 0.354. The Balaban J connectivity index is 1.49. The minimum absolute atomic E-state index is 0.354. The van der Waals surface area contributed by atoms with Crippen molar-refractivity contribution in [2.45, 2.75) is 18.2 Å². The molecule has 2 aliphatic heterocycles. The van der Waals surface area contributed by atoms with E-state index in [4.69, 9.17) is 11.6 Å². The van der Waals surface area contributed by atoms with E-state index in [2.05, 4.69) is 51.0 Å². The van der Waals surface area contributed by atoms with Crippen molar-refractivity contribution in [1.82, 2.24) is 9.97 Å². The Hall–Kier alpha value is -1.66. The third-order valence-electron chi connectivity index (χ3n) is 4.60. The molecule has 1 atom stereocenters. The lowest BCUT2D eigenvalue weighted by Crippen LogP contribution is -2.47. The van der Waals surface area contributed by atoms with E-state index in [0.717, 1.165) is 38.3 Å². The smallest absolute Gasteiger partial charge is 0.227 e. The molecule has 3 heterocycles. The van der Waals surface area contributed by atoms with Crippen LogP contribution in [0.1, 0.15) is 11.3 Å². The Kier molecular flexibility index (Phi) is 4.18. The van der Waals surface area contributed by atoms with Gasteiger partial charge in [-0.05, 0) is 19.1 Å². The molecule has 24 heavy (non-hydrogen) atoms. The van der Waals surface area contributed by atoms with Crippen molar-refractivity contribution in [2.75, 3.05) is 41.7 Å². The van der Waals surface area contributed by atoms with E-state index in [1.165, 1.54) is 11.3 Å². The molecular formula is C17H19ClN4OS. The van der Waals surface area contributed by atoms with Gasteiger partial charge in [-0.3, -0.25) is 4.21 Å². The Morgan fingerprint density at radius 3 is 2.42 bits per heavy atom. The van der Waals surface area contributed by atoms with Crippen molar-refractivity contribution in [3.05, 3.63) is 40.7 Å². The molecule has 4 rings (SSSR count).